The number of nitrogens with zero attached hydrogens (tertiary/aromatic N) is 5. The van der Waals surface area contributed by atoms with Crippen LogP contribution in [0.5, 0.6) is 0 Å². The van der Waals surface area contributed by atoms with Gasteiger partial charge in [-0.3, -0.25) is 14.8 Å². The Balaban J connectivity index is 0.00000245. The first-order valence-electron chi connectivity index (χ1n) is 10.8. The molecule has 1 unspecified atom stereocenters. The number of nitrogens with one attached hydrogen (secondary N) is 1. The van der Waals surface area contributed by atoms with Crippen molar-refractivity contribution in [3.8, 4) is 0 Å². The molecule has 1 fully saturated rings. The molecule has 0 spiro atoms. The first kappa shape index (κ1) is 23.1. The maximum atomic E-state index is 13.8. The normalized spacial score (nSPS) is 18.1. The topological polar surface area (TPSA) is 88.6 Å². The zero-order chi connectivity index (χ0) is 21.4. The van der Waals surface area contributed by atoms with Gasteiger partial charge in [-0.1, -0.05) is 42.3 Å². The fourth-order valence-electron chi connectivity index (χ4n) is 4.76. The molecular weight excluding hydrogens is 575 g/mol. The third kappa shape index (κ3) is 4.39. The van der Waals surface area contributed by atoms with E-state index in [9.17, 15) is 9.82 Å². The zero-order valence-corrected chi connectivity index (χ0v) is 21.0. The van der Waals surface area contributed by atoms with Crippen molar-refractivity contribution in [3.63, 3.8) is 0 Å². The quantitative estimate of drug-likeness (QED) is 0.345. The van der Waals surface area contributed by atoms with Crippen molar-refractivity contribution in [1.29, 1.82) is 0 Å². The van der Waals surface area contributed by atoms with Gasteiger partial charge >= 0.3 is 7.05 Å². The number of hydrogen-bond acceptors (Lipinski definition) is 6. The fourth-order valence-corrected chi connectivity index (χ4v) is 4.76. The summed E-state index contributed by atoms with van der Waals surface area (Å²) in [5, 5.41) is 17.7. The largest absolute Gasteiger partial charge is 0.437 e. The van der Waals surface area contributed by atoms with Crippen LogP contribution in [0.4, 0.5) is 0 Å². The van der Waals surface area contributed by atoms with E-state index in [2.05, 4.69) is 26.3 Å². The second kappa shape index (κ2) is 9.83. The van der Waals surface area contributed by atoms with E-state index in [-0.39, 0.29) is 33.0 Å². The van der Waals surface area contributed by atoms with E-state index in [1.807, 2.05) is 46.2 Å². The van der Waals surface area contributed by atoms with Crippen LogP contribution in [0.15, 0.2) is 36.5 Å². The Morgan fingerprint density at radius 1 is 1.19 bits per heavy atom. The van der Waals surface area contributed by atoms with Crippen molar-refractivity contribution < 1.29 is 30.9 Å². The van der Waals surface area contributed by atoms with Crippen LogP contribution in [-0.4, -0.2) is 80.5 Å². The number of pyridine rings is 1. The molecule has 0 bridgehead atoms. The summed E-state index contributed by atoms with van der Waals surface area (Å²) in [5.41, 5.74) is 4.01. The molecule has 10 heteroatoms. The van der Waals surface area contributed by atoms with Gasteiger partial charge in [-0.2, -0.15) is 0 Å². The van der Waals surface area contributed by atoms with Gasteiger partial charge < -0.3 is 24.8 Å². The van der Waals surface area contributed by atoms with Crippen molar-refractivity contribution in [2.75, 3.05) is 32.7 Å². The van der Waals surface area contributed by atoms with Gasteiger partial charge in [-0.15, -0.1) is 10.9 Å². The van der Waals surface area contributed by atoms with E-state index in [0.29, 0.717) is 13.1 Å². The molecule has 8 nitrogen and oxygen atoms in total. The Bertz CT molecular complexity index is 1070. The van der Waals surface area contributed by atoms with E-state index in [4.69, 9.17) is 0 Å². The Morgan fingerprint density at radius 3 is 2.66 bits per heavy atom. The number of amides is 1. The molecule has 2 N–H and O–H groups in total. The van der Waals surface area contributed by atoms with E-state index in [0.717, 1.165) is 54.8 Å². The second-order valence-corrected chi connectivity index (χ2v) is 8.35. The molecule has 1 saturated heterocycles. The van der Waals surface area contributed by atoms with Gasteiger partial charge in [-0.05, 0) is 18.6 Å². The second-order valence-electron chi connectivity index (χ2n) is 8.35. The molecule has 2 aromatic heterocycles. The van der Waals surface area contributed by atoms with Gasteiger partial charge in [0.05, 0.1) is 0 Å². The van der Waals surface area contributed by atoms with Crippen LogP contribution in [0.2, 0.25) is 6.82 Å². The molecule has 166 valence electrons. The van der Waals surface area contributed by atoms with Crippen LogP contribution < -0.4 is 0 Å². The Hall–Kier alpha value is -2.06. The van der Waals surface area contributed by atoms with Crippen LogP contribution in [0.3, 0.4) is 0 Å². The number of fused-ring (bicyclic) bond motifs is 3. The summed E-state index contributed by atoms with van der Waals surface area (Å²) in [4.78, 5) is 24.5. The van der Waals surface area contributed by atoms with E-state index in [1.54, 1.807) is 6.82 Å². The molecule has 2 aliphatic rings. The van der Waals surface area contributed by atoms with Crippen LogP contribution in [0, 0.1) is 6.20 Å². The summed E-state index contributed by atoms with van der Waals surface area (Å²) >= 11 is 0. The van der Waals surface area contributed by atoms with Gasteiger partial charge in [0.25, 0.3) is 0 Å². The summed E-state index contributed by atoms with van der Waals surface area (Å²) in [6, 6.07) is 9.70. The SMILES string of the molecule is CB(O)N1CCN(C(C(=O)N2CCc3c(cnc4[nH]n[c-]c34)C2)c2ccccc2)CC1.[W]. The third-order valence-electron chi connectivity index (χ3n) is 6.50. The summed E-state index contributed by atoms with van der Waals surface area (Å²) in [5.74, 6) is 0.124. The molecule has 1 atom stereocenters. The zero-order valence-electron chi connectivity index (χ0n) is 18.1. The molecule has 0 saturated carbocycles. The average molecular weight is 601 g/mol. The smallest absolute Gasteiger partial charge is 0.376 e. The number of aromatic nitrogens is 3. The predicted octanol–water partition coefficient (Wildman–Crippen LogP) is 1.11. The fraction of sp³-hybridized carbons (Fsp3) is 0.409. The molecule has 5 rings (SSSR count). The Kier molecular flexibility index (Phi) is 7.10. The van der Waals surface area contributed by atoms with Gasteiger partial charge in [0.1, 0.15) is 6.04 Å². The number of benzene rings is 1. The minimum atomic E-state index is -0.462. The van der Waals surface area contributed by atoms with Crippen molar-refractivity contribution in [2.45, 2.75) is 25.8 Å². The van der Waals surface area contributed by atoms with Crippen LogP contribution >= 0.6 is 0 Å². The standard InChI is InChI=1S/C22H26BN6O2.W/c1-23(31)29-11-9-27(10-12-29)20(16-5-3-2-4-6-16)22(30)28-8-7-18-17(15-28)13-24-21-19(18)14-25-26-21;/h2-6,13,20,31H,7-12,15H2,1H3,(H,24,25,26);/q-1;. The van der Waals surface area contributed by atoms with Gasteiger partial charge in [0.2, 0.25) is 5.91 Å². The molecule has 32 heavy (non-hydrogen) atoms. The van der Waals surface area contributed by atoms with Gasteiger partial charge in [0, 0.05) is 72.2 Å². The first-order chi connectivity index (χ1) is 15.1. The van der Waals surface area contributed by atoms with E-state index >= 15 is 0 Å². The minimum Gasteiger partial charge on any atom is -0.437 e. The third-order valence-corrected chi connectivity index (χ3v) is 6.50. The molecule has 2 aliphatic heterocycles. The molecule has 1 aromatic carbocycles. The molecular formula is C22H26BN6O2W-. The van der Waals surface area contributed by atoms with E-state index in [1.165, 1.54) is 5.56 Å². The predicted molar refractivity (Wildman–Crippen MR) is 118 cm³/mol. The molecule has 3 aromatic rings. The number of rotatable bonds is 4. The maximum Gasteiger partial charge on any atom is 0.376 e. The number of hydrogen-bond donors (Lipinski definition) is 2. The molecule has 4 heterocycles. The van der Waals surface area contributed by atoms with Crippen LogP contribution in [0.25, 0.3) is 11.0 Å². The van der Waals surface area contributed by atoms with E-state index < -0.39 is 7.05 Å². The summed E-state index contributed by atoms with van der Waals surface area (Å²) < 4.78 is 0. The number of carbonyl (C=O) groups is 1. The van der Waals surface area contributed by atoms with Crippen molar-refractivity contribution in [3.05, 3.63) is 59.4 Å². The summed E-state index contributed by atoms with van der Waals surface area (Å²) in [6.07, 6.45) is 5.62. The van der Waals surface area contributed by atoms with Crippen molar-refractivity contribution >= 4 is 24.0 Å². The molecule has 0 aliphatic carbocycles. The van der Waals surface area contributed by atoms with Crippen LogP contribution in [-0.2, 0) is 38.8 Å². The van der Waals surface area contributed by atoms with Crippen LogP contribution in [0.1, 0.15) is 22.7 Å². The molecule has 1 amide bonds. The first-order valence-corrected chi connectivity index (χ1v) is 10.8. The average Bonchev–Trinajstić information content (AvgIpc) is 3.29. The minimum absolute atomic E-state index is 0. The summed E-state index contributed by atoms with van der Waals surface area (Å²) in [7, 11) is -0.462. The number of piperazine rings is 1. The maximum absolute atomic E-state index is 13.8. The Morgan fingerprint density at radius 2 is 1.94 bits per heavy atom. The van der Waals surface area contributed by atoms with Gasteiger partial charge in [-0.25, -0.2) is 0 Å². The number of H-pyrrole nitrogens is 1. The number of carbonyl (C=O) groups excluding carboxylic acids is 1. The van der Waals surface area contributed by atoms with Gasteiger partial charge in [0.15, 0.2) is 0 Å². The summed E-state index contributed by atoms with van der Waals surface area (Å²) in [6.45, 7) is 5.99. The molecule has 0 radical (unpaired) electrons. The van der Waals surface area contributed by atoms with Crippen molar-refractivity contribution in [1.82, 2.24) is 29.8 Å². The number of aromatic amines is 1. The van der Waals surface area contributed by atoms with Crippen molar-refractivity contribution in [2.24, 2.45) is 0 Å². The Labute approximate surface area is 202 Å². The monoisotopic (exact) mass is 601 g/mol.